The van der Waals surface area contributed by atoms with Gasteiger partial charge in [-0.3, -0.25) is 9.98 Å². The lowest BCUT2D eigenvalue weighted by Crippen LogP contribution is -2.04. The van der Waals surface area contributed by atoms with Crippen molar-refractivity contribution in [2.45, 2.75) is 6.54 Å². The SMILES string of the molecule is COc1ccc(-c2cc(=NCc3cccnc3)c3ccccc3o2)cc1OC. The van der Waals surface area contributed by atoms with Crippen molar-refractivity contribution in [2.24, 2.45) is 4.99 Å². The van der Waals surface area contributed by atoms with Gasteiger partial charge in [0, 0.05) is 29.4 Å². The molecule has 5 nitrogen and oxygen atoms in total. The molecule has 0 spiro atoms. The predicted octanol–water partition coefficient (Wildman–Crippen LogP) is 4.61. The van der Waals surface area contributed by atoms with Crippen molar-refractivity contribution in [2.75, 3.05) is 14.2 Å². The maximum Gasteiger partial charge on any atom is 0.161 e. The Morgan fingerprint density at radius 2 is 1.79 bits per heavy atom. The fraction of sp³-hybridized carbons (Fsp3) is 0.130. The summed E-state index contributed by atoms with van der Waals surface area (Å²) in [6, 6.07) is 19.5. The zero-order valence-electron chi connectivity index (χ0n) is 15.8. The van der Waals surface area contributed by atoms with E-state index < -0.39 is 0 Å². The first kappa shape index (κ1) is 17.8. The lowest BCUT2D eigenvalue weighted by molar-refractivity contribution is 0.355. The molecular formula is C23H20N2O3. The van der Waals surface area contributed by atoms with Gasteiger partial charge in [-0.15, -0.1) is 0 Å². The molecule has 0 atom stereocenters. The molecule has 0 aliphatic heterocycles. The topological polar surface area (TPSA) is 56.9 Å². The molecule has 0 aliphatic rings. The van der Waals surface area contributed by atoms with Crippen molar-refractivity contribution in [3.05, 3.63) is 84.0 Å². The molecule has 0 aliphatic carbocycles. The molecule has 0 radical (unpaired) electrons. The largest absolute Gasteiger partial charge is 0.493 e. The molecule has 0 fully saturated rings. The van der Waals surface area contributed by atoms with Crippen molar-refractivity contribution in [1.29, 1.82) is 0 Å². The molecule has 0 saturated carbocycles. The smallest absolute Gasteiger partial charge is 0.161 e. The Hall–Kier alpha value is -3.60. The zero-order valence-corrected chi connectivity index (χ0v) is 15.8. The first-order valence-corrected chi connectivity index (χ1v) is 8.93. The lowest BCUT2D eigenvalue weighted by atomic mass is 10.1. The fourth-order valence-electron chi connectivity index (χ4n) is 3.05. The van der Waals surface area contributed by atoms with Crippen LogP contribution in [0, 0.1) is 0 Å². The molecule has 0 N–H and O–H groups in total. The molecule has 5 heteroatoms. The molecule has 28 heavy (non-hydrogen) atoms. The highest BCUT2D eigenvalue weighted by atomic mass is 16.5. The van der Waals surface area contributed by atoms with Gasteiger partial charge >= 0.3 is 0 Å². The second kappa shape index (κ2) is 7.96. The summed E-state index contributed by atoms with van der Waals surface area (Å²) in [5.41, 5.74) is 2.72. The molecule has 2 aromatic carbocycles. The van der Waals surface area contributed by atoms with Crippen LogP contribution in [0.4, 0.5) is 0 Å². The van der Waals surface area contributed by atoms with Crippen molar-refractivity contribution >= 4 is 11.0 Å². The van der Waals surface area contributed by atoms with Gasteiger partial charge < -0.3 is 13.9 Å². The van der Waals surface area contributed by atoms with Crippen LogP contribution in [0.2, 0.25) is 0 Å². The molecular weight excluding hydrogens is 352 g/mol. The molecule has 4 rings (SSSR count). The van der Waals surface area contributed by atoms with Crippen LogP contribution in [0.3, 0.4) is 0 Å². The highest BCUT2D eigenvalue weighted by Gasteiger charge is 2.10. The fourth-order valence-corrected chi connectivity index (χ4v) is 3.05. The summed E-state index contributed by atoms with van der Waals surface area (Å²) >= 11 is 0. The van der Waals surface area contributed by atoms with Crippen LogP contribution in [-0.4, -0.2) is 19.2 Å². The number of aromatic nitrogens is 1. The van der Waals surface area contributed by atoms with E-state index in [0.717, 1.165) is 27.5 Å². The summed E-state index contributed by atoms with van der Waals surface area (Å²) in [6.45, 7) is 0.549. The van der Waals surface area contributed by atoms with Gasteiger partial charge in [0.15, 0.2) is 11.5 Å². The number of benzene rings is 2. The maximum atomic E-state index is 6.14. The standard InChI is InChI=1S/C23H20N2O3/c1-26-21-10-9-17(12-23(21)27-2)22-13-19(18-7-3-4-8-20(18)28-22)25-15-16-6-5-11-24-14-16/h3-14H,15H2,1-2H3. The number of nitrogens with zero attached hydrogens (tertiary/aromatic N) is 2. The third kappa shape index (κ3) is 3.60. The van der Waals surface area contributed by atoms with Crippen LogP contribution in [0.1, 0.15) is 5.56 Å². The molecule has 0 bridgehead atoms. The van der Waals surface area contributed by atoms with Crippen LogP contribution < -0.4 is 14.8 Å². The van der Waals surface area contributed by atoms with Gasteiger partial charge in [0.25, 0.3) is 0 Å². The molecule has 0 saturated heterocycles. The summed E-state index contributed by atoms with van der Waals surface area (Å²) < 4.78 is 16.9. The minimum Gasteiger partial charge on any atom is -0.493 e. The third-order valence-corrected chi connectivity index (χ3v) is 4.47. The summed E-state index contributed by atoms with van der Waals surface area (Å²) in [5, 5.41) is 1.84. The van der Waals surface area contributed by atoms with Crippen molar-refractivity contribution in [3.63, 3.8) is 0 Å². The highest BCUT2D eigenvalue weighted by Crippen LogP contribution is 2.32. The van der Waals surface area contributed by atoms with Crippen LogP contribution in [0.15, 0.2) is 82.5 Å². The van der Waals surface area contributed by atoms with Gasteiger partial charge in [0.1, 0.15) is 11.3 Å². The molecule has 2 aromatic heterocycles. The van der Waals surface area contributed by atoms with E-state index in [1.807, 2.05) is 66.9 Å². The van der Waals surface area contributed by atoms with Gasteiger partial charge in [-0.2, -0.15) is 0 Å². The minimum atomic E-state index is 0.549. The monoisotopic (exact) mass is 372 g/mol. The number of hydrogen-bond acceptors (Lipinski definition) is 5. The molecule has 0 unspecified atom stereocenters. The molecule has 0 amide bonds. The normalized spacial score (nSPS) is 11.6. The Morgan fingerprint density at radius 3 is 2.57 bits per heavy atom. The minimum absolute atomic E-state index is 0.549. The number of pyridine rings is 1. The van der Waals surface area contributed by atoms with Crippen molar-refractivity contribution in [1.82, 2.24) is 4.98 Å². The highest BCUT2D eigenvalue weighted by molar-refractivity contribution is 5.78. The Balaban J connectivity index is 1.84. The number of methoxy groups -OCH3 is 2. The van der Waals surface area contributed by atoms with E-state index >= 15 is 0 Å². The summed E-state index contributed by atoms with van der Waals surface area (Å²) in [4.78, 5) is 8.97. The second-order valence-corrected chi connectivity index (χ2v) is 6.24. The van der Waals surface area contributed by atoms with Gasteiger partial charge in [-0.05, 0) is 42.0 Å². The van der Waals surface area contributed by atoms with Crippen LogP contribution in [0.5, 0.6) is 11.5 Å². The number of hydrogen-bond donors (Lipinski definition) is 0. The van der Waals surface area contributed by atoms with E-state index in [1.165, 1.54) is 0 Å². The predicted molar refractivity (Wildman–Crippen MR) is 108 cm³/mol. The van der Waals surface area contributed by atoms with Gasteiger partial charge in [-0.1, -0.05) is 18.2 Å². The summed E-state index contributed by atoms with van der Waals surface area (Å²) in [5.74, 6) is 2.04. The van der Waals surface area contributed by atoms with Crippen LogP contribution in [0.25, 0.3) is 22.3 Å². The molecule has 4 aromatic rings. The van der Waals surface area contributed by atoms with E-state index in [0.29, 0.717) is 23.8 Å². The number of fused-ring (bicyclic) bond motifs is 1. The van der Waals surface area contributed by atoms with Crippen LogP contribution >= 0.6 is 0 Å². The van der Waals surface area contributed by atoms with Gasteiger partial charge in [-0.25, -0.2) is 0 Å². The Labute approximate surface area is 162 Å². The summed E-state index contributed by atoms with van der Waals surface area (Å²) in [7, 11) is 3.24. The second-order valence-electron chi connectivity index (χ2n) is 6.24. The third-order valence-electron chi connectivity index (χ3n) is 4.47. The van der Waals surface area contributed by atoms with E-state index in [1.54, 1.807) is 20.4 Å². The maximum absolute atomic E-state index is 6.14. The van der Waals surface area contributed by atoms with E-state index in [9.17, 15) is 0 Å². The van der Waals surface area contributed by atoms with Crippen LogP contribution in [-0.2, 0) is 6.54 Å². The quantitative estimate of drug-likeness (QED) is 0.513. The molecule has 2 heterocycles. The lowest BCUT2D eigenvalue weighted by Gasteiger charge is -2.10. The van der Waals surface area contributed by atoms with Gasteiger partial charge in [0.05, 0.1) is 26.1 Å². The van der Waals surface area contributed by atoms with E-state index in [2.05, 4.69) is 4.98 Å². The molecule has 140 valence electrons. The Morgan fingerprint density at radius 1 is 0.929 bits per heavy atom. The first-order chi connectivity index (χ1) is 13.8. The summed E-state index contributed by atoms with van der Waals surface area (Å²) in [6.07, 6.45) is 3.59. The zero-order chi connectivity index (χ0) is 19.3. The Kier molecular flexibility index (Phi) is 5.06. The van der Waals surface area contributed by atoms with Crippen molar-refractivity contribution in [3.8, 4) is 22.8 Å². The Bertz CT molecular complexity index is 1170. The van der Waals surface area contributed by atoms with Gasteiger partial charge in [0.2, 0.25) is 0 Å². The number of ether oxygens (including phenoxy) is 2. The van der Waals surface area contributed by atoms with E-state index in [-0.39, 0.29) is 0 Å². The number of para-hydroxylation sites is 1. The van der Waals surface area contributed by atoms with Crippen molar-refractivity contribution < 1.29 is 13.9 Å². The average Bonchev–Trinajstić information content (AvgIpc) is 2.77. The first-order valence-electron chi connectivity index (χ1n) is 8.93. The van der Waals surface area contributed by atoms with E-state index in [4.69, 9.17) is 18.9 Å². The number of rotatable bonds is 5. The average molecular weight is 372 g/mol.